The first-order valence-corrected chi connectivity index (χ1v) is 20.5. The zero-order valence-corrected chi connectivity index (χ0v) is 30.3. The molecule has 1 aromatic heterocycles. The molecule has 0 atom stereocenters. The minimum absolute atomic E-state index is 0.111. The highest BCUT2D eigenvalue weighted by Crippen LogP contribution is 2.40. The lowest BCUT2D eigenvalue weighted by Gasteiger charge is -2.36. The van der Waals surface area contributed by atoms with Gasteiger partial charge >= 0.3 is 6.18 Å². The van der Waals surface area contributed by atoms with Crippen LogP contribution in [0.5, 0.6) is 0 Å². The SMILES string of the molecule is CS(=O)(=O)N1CCc2c(c(-c3ccc(C(F)(F)F)c(SCCN4CCC(C(N)=O)CC4)c3)nn2CCCN2CCC(N3CCCC3=O)CC2)C1. The third-order valence-corrected chi connectivity index (χ3v) is 13.0. The molecule has 4 aliphatic heterocycles. The smallest absolute Gasteiger partial charge is 0.369 e. The summed E-state index contributed by atoms with van der Waals surface area (Å²) in [5.74, 6) is 0.257. The highest BCUT2D eigenvalue weighted by molar-refractivity contribution is 7.99. The standard InChI is InChI=1S/C34H48F3N7O4S2/c1-50(47,48)42-19-11-29-27(23-42)32(39-44(29)14-3-12-40-17-9-26(10-18-40)43-13-2-4-31(43)45)25-5-6-28(34(35,36)37)30(22-25)49-21-20-41-15-7-24(8-16-41)33(38)46/h5-6,22,24,26H,2-4,7-21,23H2,1H3,(H2,38,46). The first kappa shape index (κ1) is 37.1. The maximum absolute atomic E-state index is 14.2. The molecule has 4 aliphatic rings. The fraction of sp³-hybridized carbons (Fsp3) is 0.676. The number of hydrogen-bond acceptors (Lipinski definition) is 8. The Hall–Kier alpha value is -2.66. The van der Waals surface area contributed by atoms with E-state index in [0.717, 1.165) is 80.9 Å². The summed E-state index contributed by atoms with van der Waals surface area (Å²) in [6, 6.07) is 4.43. The largest absolute Gasteiger partial charge is 0.417 e. The molecular weight excluding hydrogens is 692 g/mol. The zero-order chi connectivity index (χ0) is 35.6. The van der Waals surface area contributed by atoms with E-state index in [1.807, 2.05) is 4.68 Å². The molecule has 3 saturated heterocycles. The van der Waals surface area contributed by atoms with Gasteiger partial charge in [0.25, 0.3) is 0 Å². The van der Waals surface area contributed by atoms with Crippen molar-refractivity contribution < 1.29 is 31.2 Å². The number of hydrogen-bond donors (Lipinski definition) is 1. The lowest BCUT2D eigenvalue weighted by atomic mass is 9.96. The maximum atomic E-state index is 14.2. The highest BCUT2D eigenvalue weighted by atomic mass is 32.2. The molecule has 5 heterocycles. The van der Waals surface area contributed by atoms with Gasteiger partial charge in [-0.1, -0.05) is 6.07 Å². The highest BCUT2D eigenvalue weighted by Gasteiger charge is 2.36. The second kappa shape index (κ2) is 15.5. The van der Waals surface area contributed by atoms with E-state index in [1.54, 1.807) is 6.07 Å². The van der Waals surface area contributed by atoms with E-state index >= 15 is 0 Å². The van der Waals surface area contributed by atoms with Gasteiger partial charge in [0.1, 0.15) is 0 Å². The van der Waals surface area contributed by atoms with Crippen LogP contribution in [0, 0.1) is 5.92 Å². The second-order valence-electron chi connectivity index (χ2n) is 14.0. The number of carbonyl (C=O) groups excluding carboxylic acids is 2. The van der Waals surface area contributed by atoms with Gasteiger partial charge in [0, 0.05) is 98.1 Å². The van der Waals surface area contributed by atoms with Crippen molar-refractivity contribution in [1.29, 1.82) is 0 Å². The van der Waals surface area contributed by atoms with Crippen molar-refractivity contribution in [3.05, 3.63) is 35.0 Å². The van der Waals surface area contributed by atoms with Crippen LogP contribution in [-0.2, 0) is 45.3 Å². The van der Waals surface area contributed by atoms with Gasteiger partial charge in [-0.2, -0.15) is 22.6 Å². The van der Waals surface area contributed by atoms with Gasteiger partial charge in [0.05, 0.1) is 17.5 Å². The topological polar surface area (TPSA) is 125 Å². The summed E-state index contributed by atoms with van der Waals surface area (Å²) >= 11 is 1.15. The Morgan fingerprint density at radius 2 is 1.68 bits per heavy atom. The summed E-state index contributed by atoms with van der Waals surface area (Å²) in [5, 5.41) is 4.94. The average Bonchev–Trinajstić information content (AvgIpc) is 3.67. The maximum Gasteiger partial charge on any atom is 0.417 e. The van der Waals surface area contributed by atoms with E-state index in [9.17, 15) is 31.2 Å². The van der Waals surface area contributed by atoms with Gasteiger partial charge in [-0.15, -0.1) is 11.8 Å². The second-order valence-corrected chi connectivity index (χ2v) is 17.2. The Kier molecular flexibility index (Phi) is 11.5. The Morgan fingerprint density at radius 3 is 2.32 bits per heavy atom. The number of aromatic nitrogens is 2. The van der Waals surface area contributed by atoms with E-state index < -0.39 is 21.8 Å². The van der Waals surface area contributed by atoms with Gasteiger partial charge in [-0.05, 0) is 70.3 Å². The van der Waals surface area contributed by atoms with Crippen LogP contribution in [0.2, 0.25) is 0 Å². The quantitative estimate of drug-likeness (QED) is 0.328. The molecule has 2 aromatic rings. The van der Waals surface area contributed by atoms with Gasteiger partial charge < -0.3 is 20.4 Å². The molecule has 3 fully saturated rings. The summed E-state index contributed by atoms with van der Waals surface area (Å²) < 4.78 is 70.9. The minimum atomic E-state index is -4.54. The predicted molar refractivity (Wildman–Crippen MR) is 186 cm³/mol. The van der Waals surface area contributed by atoms with E-state index in [1.165, 1.54) is 16.6 Å². The monoisotopic (exact) mass is 739 g/mol. The Balaban J connectivity index is 1.16. The molecule has 0 saturated carbocycles. The number of primary amides is 1. The molecule has 0 aliphatic carbocycles. The van der Waals surface area contributed by atoms with E-state index in [-0.39, 0.29) is 29.2 Å². The third-order valence-electron chi connectivity index (χ3n) is 10.7. The van der Waals surface area contributed by atoms with E-state index in [4.69, 9.17) is 10.8 Å². The predicted octanol–water partition coefficient (Wildman–Crippen LogP) is 3.65. The number of sulfonamides is 1. The normalized spacial score (nSPS) is 20.9. The number of nitrogens with two attached hydrogens (primary N) is 1. The number of likely N-dealkylation sites (tertiary alicyclic amines) is 3. The van der Waals surface area contributed by atoms with Crippen molar-refractivity contribution in [3.8, 4) is 11.3 Å². The summed E-state index contributed by atoms with van der Waals surface area (Å²) in [6.45, 7) is 6.58. The van der Waals surface area contributed by atoms with E-state index in [0.29, 0.717) is 81.5 Å². The van der Waals surface area contributed by atoms with Crippen LogP contribution >= 0.6 is 11.8 Å². The minimum Gasteiger partial charge on any atom is -0.369 e. The third kappa shape index (κ3) is 8.68. The number of thioether (sulfide) groups is 1. The number of rotatable bonds is 12. The van der Waals surface area contributed by atoms with Crippen LogP contribution in [0.3, 0.4) is 0 Å². The van der Waals surface area contributed by atoms with Crippen LogP contribution in [0.1, 0.15) is 61.8 Å². The Bertz CT molecular complexity index is 1650. The lowest BCUT2D eigenvalue weighted by Crippen LogP contribution is -2.45. The van der Waals surface area contributed by atoms with Crippen LogP contribution in [-0.4, -0.2) is 119 Å². The molecule has 1 aromatic carbocycles. The molecule has 50 heavy (non-hydrogen) atoms. The molecule has 2 N–H and O–H groups in total. The number of fused-ring (bicyclic) bond motifs is 1. The molecule has 0 unspecified atom stereocenters. The number of amides is 2. The van der Waals surface area contributed by atoms with Crippen molar-refractivity contribution in [3.63, 3.8) is 0 Å². The first-order valence-electron chi connectivity index (χ1n) is 17.7. The number of carbonyl (C=O) groups is 2. The van der Waals surface area contributed by atoms with Gasteiger partial charge in [-0.25, -0.2) is 8.42 Å². The number of alkyl halides is 3. The van der Waals surface area contributed by atoms with Crippen molar-refractivity contribution in [2.75, 3.05) is 64.4 Å². The fourth-order valence-corrected chi connectivity index (χ4v) is 9.77. The molecule has 2 amide bonds. The molecule has 11 nitrogen and oxygen atoms in total. The van der Waals surface area contributed by atoms with Gasteiger partial charge in [0.2, 0.25) is 21.8 Å². The first-order chi connectivity index (χ1) is 23.8. The Labute approximate surface area is 296 Å². The van der Waals surface area contributed by atoms with Crippen LogP contribution in [0.25, 0.3) is 11.3 Å². The van der Waals surface area contributed by atoms with Crippen LogP contribution in [0.4, 0.5) is 13.2 Å². The summed E-state index contributed by atoms with van der Waals surface area (Å²) in [6.07, 6.45) is 2.78. The number of piperidine rings is 2. The Morgan fingerprint density at radius 1 is 0.980 bits per heavy atom. The zero-order valence-electron chi connectivity index (χ0n) is 28.7. The molecule has 0 bridgehead atoms. The molecule has 0 radical (unpaired) electrons. The van der Waals surface area contributed by atoms with Gasteiger partial charge in [-0.3, -0.25) is 14.3 Å². The van der Waals surface area contributed by atoms with Crippen molar-refractivity contribution in [2.45, 2.75) is 81.6 Å². The number of aryl methyl sites for hydroxylation is 1. The number of halogens is 3. The van der Waals surface area contributed by atoms with Gasteiger partial charge in [0.15, 0.2) is 0 Å². The number of benzene rings is 1. The van der Waals surface area contributed by atoms with Crippen molar-refractivity contribution >= 4 is 33.6 Å². The molecule has 16 heteroatoms. The number of nitrogens with zero attached hydrogens (tertiary/aromatic N) is 6. The van der Waals surface area contributed by atoms with Crippen LogP contribution in [0.15, 0.2) is 23.1 Å². The molecule has 276 valence electrons. The van der Waals surface area contributed by atoms with Crippen molar-refractivity contribution in [2.24, 2.45) is 11.7 Å². The van der Waals surface area contributed by atoms with Crippen LogP contribution < -0.4 is 5.73 Å². The summed E-state index contributed by atoms with van der Waals surface area (Å²) in [5.41, 5.74) is 7.46. The lowest BCUT2D eigenvalue weighted by molar-refractivity contribution is -0.139. The molecule has 0 spiro atoms. The molecular formula is C34H48F3N7O4S2. The summed E-state index contributed by atoms with van der Waals surface area (Å²) in [4.78, 5) is 30.4. The fourth-order valence-electron chi connectivity index (χ4n) is 7.87. The molecule has 6 rings (SSSR count). The van der Waals surface area contributed by atoms with Crippen molar-refractivity contribution in [1.82, 2.24) is 28.8 Å². The summed E-state index contributed by atoms with van der Waals surface area (Å²) in [7, 11) is -3.49. The average molecular weight is 740 g/mol. The van der Waals surface area contributed by atoms with E-state index in [2.05, 4.69) is 14.7 Å².